The normalized spacial score (nSPS) is 13.2. The van der Waals surface area contributed by atoms with E-state index in [9.17, 15) is 9.90 Å². The van der Waals surface area contributed by atoms with E-state index in [0.717, 1.165) is 75.9 Å². The number of carboxylic acids is 1. The highest BCUT2D eigenvalue weighted by Gasteiger charge is 2.27. The molecule has 0 unspecified atom stereocenters. The molecule has 0 aliphatic heterocycles. The molecule has 1 N–H and O–H groups in total. The van der Waals surface area contributed by atoms with E-state index in [-0.39, 0.29) is 0 Å². The Labute approximate surface area is 209 Å². The van der Waals surface area contributed by atoms with Gasteiger partial charge in [0.25, 0.3) is 0 Å². The SMILES string of the molecule is Cc1ccccc1Oc1ccc(N=Cc2cc(C)n(-c3sc4c(c3C(=O)O)CCCC4)c2C)cc1. The van der Waals surface area contributed by atoms with Crippen molar-refractivity contribution in [3.8, 4) is 16.5 Å². The first kappa shape index (κ1) is 23.1. The van der Waals surface area contributed by atoms with Gasteiger partial charge >= 0.3 is 5.97 Å². The van der Waals surface area contributed by atoms with Gasteiger partial charge in [-0.05, 0) is 94.0 Å². The monoisotopic (exact) mass is 484 g/mol. The molecule has 178 valence electrons. The summed E-state index contributed by atoms with van der Waals surface area (Å²) in [6.45, 7) is 6.07. The molecule has 35 heavy (non-hydrogen) atoms. The zero-order valence-electron chi connectivity index (χ0n) is 20.2. The van der Waals surface area contributed by atoms with Crippen LogP contribution >= 0.6 is 11.3 Å². The van der Waals surface area contributed by atoms with Gasteiger partial charge in [0, 0.05) is 28.0 Å². The second-order valence-corrected chi connectivity index (χ2v) is 10.1. The second kappa shape index (κ2) is 9.55. The molecule has 0 spiro atoms. The summed E-state index contributed by atoms with van der Waals surface area (Å²) in [6, 6.07) is 17.7. The summed E-state index contributed by atoms with van der Waals surface area (Å²) >= 11 is 1.63. The smallest absolute Gasteiger partial charge is 0.339 e. The number of fused-ring (bicyclic) bond motifs is 1. The summed E-state index contributed by atoms with van der Waals surface area (Å²) < 4.78 is 8.05. The van der Waals surface area contributed by atoms with Crippen molar-refractivity contribution in [3.63, 3.8) is 0 Å². The van der Waals surface area contributed by atoms with Crippen LogP contribution in [0, 0.1) is 20.8 Å². The largest absolute Gasteiger partial charge is 0.478 e. The molecule has 2 heterocycles. The van der Waals surface area contributed by atoms with E-state index in [4.69, 9.17) is 4.74 Å². The Morgan fingerprint density at radius 3 is 2.54 bits per heavy atom. The van der Waals surface area contributed by atoms with Gasteiger partial charge in [0.2, 0.25) is 0 Å². The lowest BCUT2D eigenvalue weighted by molar-refractivity contribution is 0.0696. The Morgan fingerprint density at radius 2 is 1.80 bits per heavy atom. The van der Waals surface area contributed by atoms with Crippen LogP contribution in [0.1, 0.15) is 56.2 Å². The minimum Gasteiger partial charge on any atom is -0.478 e. The van der Waals surface area contributed by atoms with Crippen molar-refractivity contribution < 1.29 is 14.6 Å². The first-order valence-corrected chi connectivity index (χ1v) is 12.7. The van der Waals surface area contributed by atoms with Crippen LogP contribution in [-0.2, 0) is 12.8 Å². The zero-order valence-corrected chi connectivity index (χ0v) is 21.0. The fourth-order valence-corrected chi connectivity index (χ4v) is 6.19. The van der Waals surface area contributed by atoms with Gasteiger partial charge in [-0.3, -0.25) is 4.99 Å². The standard InChI is InChI=1S/C29H28N2O3S/c1-18-8-4-6-10-25(18)34-23-14-12-22(13-15-23)30-17-21-16-19(2)31(20(21)3)28-27(29(32)33)24-9-5-7-11-26(24)35-28/h4,6,8,10,12-17H,5,7,9,11H2,1-3H3,(H,32,33). The number of para-hydroxylation sites is 1. The van der Waals surface area contributed by atoms with E-state index < -0.39 is 5.97 Å². The number of aryl methyl sites for hydroxylation is 3. The third kappa shape index (κ3) is 4.54. The number of ether oxygens (including phenoxy) is 1. The van der Waals surface area contributed by atoms with Gasteiger partial charge in [0.15, 0.2) is 0 Å². The van der Waals surface area contributed by atoms with Gasteiger partial charge in [-0.2, -0.15) is 0 Å². The molecule has 6 heteroatoms. The number of aromatic carboxylic acids is 1. The van der Waals surface area contributed by atoms with Crippen molar-refractivity contribution in [2.24, 2.45) is 4.99 Å². The summed E-state index contributed by atoms with van der Waals surface area (Å²) in [7, 11) is 0. The summed E-state index contributed by atoms with van der Waals surface area (Å²) in [6.07, 6.45) is 5.86. The van der Waals surface area contributed by atoms with Crippen molar-refractivity contribution in [2.45, 2.75) is 46.5 Å². The minimum absolute atomic E-state index is 0.472. The topological polar surface area (TPSA) is 63.8 Å². The molecule has 0 radical (unpaired) electrons. The summed E-state index contributed by atoms with van der Waals surface area (Å²) in [5.74, 6) is 0.765. The molecule has 0 saturated carbocycles. The maximum absolute atomic E-state index is 12.2. The molecule has 0 amide bonds. The van der Waals surface area contributed by atoms with Crippen LogP contribution in [0.3, 0.4) is 0 Å². The highest BCUT2D eigenvalue weighted by molar-refractivity contribution is 7.15. The van der Waals surface area contributed by atoms with E-state index in [0.29, 0.717) is 5.56 Å². The lowest BCUT2D eigenvalue weighted by atomic mass is 9.95. The molecular formula is C29H28N2O3S. The molecule has 0 bridgehead atoms. The predicted molar refractivity (Wildman–Crippen MR) is 142 cm³/mol. The quantitative estimate of drug-likeness (QED) is 0.287. The van der Waals surface area contributed by atoms with Crippen molar-refractivity contribution in [1.29, 1.82) is 0 Å². The van der Waals surface area contributed by atoms with Crippen LogP contribution < -0.4 is 4.74 Å². The molecule has 0 fully saturated rings. The first-order valence-electron chi connectivity index (χ1n) is 11.9. The third-order valence-electron chi connectivity index (χ3n) is 6.55. The number of benzene rings is 2. The van der Waals surface area contributed by atoms with E-state index in [1.807, 2.05) is 75.5 Å². The van der Waals surface area contributed by atoms with Crippen molar-refractivity contribution in [3.05, 3.63) is 93.1 Å². The van der Waals surface area contributed by atoms with Gasteiger partial charge in [-0.1, -0.05) is 18.2 Å². The number of aliphatic imine (C=N–C) groups is 1. The number of thiophene rings is 1. The maximum Gasteiger partial charge on any atom is 0.339 e. The van der Waals surface area contributed by atoms with E-state index in [1.165, 1.54) is 4.88 Å². The Bertz CT molecular complexity index is 1430. The Kier molecular flexibility index (Phi) is 6.31. The Balaban J connectivity index is 1.40. The first-order chi connectivity index (χ1) is 16.9. The molecule has 2 aromatic heterocycles. The van der Waals surface area contributed by atoms with E-state index in [2.05, 4.69) is 15.6 Å². The molecule has 0 saturated heterocycles. The van der Waals surface area contributed by atoms with Crippen LogP contribution in [0.5, 0.6) is 11.5 Å². The second-order valence-electron chi connectivity index (χ2n) is 8.98. The molecule has 4 aromatic rings. The number of hydrogen-bond acceptors (Lipinski definition) is 4. The molecular weight excluding hydrogens is 456 g/mol. The summed E-state index contributed by atoms with van der Waals surface area (Å²) in [5, 5.41) is 10.8. The lowest BCUT2D eigenvalue weighted by Gasteiger charge is -2.11. The van der Waals surface area contributed by atoms with Crippen molar-refractivity contribution in [2.75, 3.05) is 0 Å². The number of nitrogens with zero attached hydrogens (tertiary/aromatic N) is 2. The Hall–Kier alpha value is -3.64. The average Bonchev–Trinajstić information content (AvgIpc) is 3.36. The molecule has 1 aliphatic carbocycles. The van der Waals surface area contributed by atoms with Crippen LogP contribution in [0.15, 0.2) is 59.6 Å². The van der Waals surface area contributed by atoms with Gasteiger partial charge in [0.1, 0.15) is 16.5 Å². The Morgan fingerprint density at radius 1 is 1.06 bits per heavy atom. The average molecular weight is 485 g/mol. The maximum atomic E-state index is 12.2. The van der Waals surface area contributed by atoms with Crippen LogP contribution in [0.2, 0.25) is 0 Å². The van der Waals surface area contributed by atoms with E-state index >= 15 is 0 Å². The number of rotatable bonds is 6. The lowest BCUT2D eigenvalue weighted by Crippen LogP contribution is -2.09. The zero-order chi connectivity index (χ0) is 24.5. The van der Waals surface area contributed by atoms with Crippen molar-refractivity contribution >= 4 is 29.2 Å². The van der Waals surface area contributed by atoms with Gasteiger partial charge < -0.3 is 14.4 Å². The van der Waals surface area contributed by atoms with E-state index in [1.54, 1.807) is 11.3 Å². The fourth-order valence-electron chi connectivity index (χ4n) is 4.70. The third-order valence-corrected chi connectivity index (χ3v) is 7.83. The van der Waals surface area contributed by atoms with Crippen molar-refractivity contribution in [1.82, 2.24) is 4.57 Å². The van der Waals surface area contributed by atoms with Gasteiger partial charge in [-0.15, -0.1) is 11.3 Å². The molecule has 0 atom stereocenters. The minimum atomic E-state index is -0.838. The molecule has 5 nitrogen and oxygen atoms in total. The fraction of sp³-hybridized carbons (Fsp3) is 0.241. The number of hydrogen-bond donors (Lipinski definition) is 1. The summed E-state index contributed by atoms with van der Waals surface area (Å²) in [5.41, 5.74) is 6.38. The summed E-state index contributed by atoms with van der Waals surface area (Å²) in [4.78, 5) is 18.1. The van der Waals surface area contributed by atoms with Crippen LogP contribution in [-0.4, -0.2) is 21.9 Å². The number of carbonyl (C=O) groups is 1. The highest BCUT2D eigenvalue weighted by atomic mass is 32.1. The predicted octanol–water partition coefficient (Wildman–Crippen LogP) is 7.58. The molecule has 5 rings (SSSR count). The molecule has 2 aromatic carbocycles. The van der Waals surface area contributed by atoms with Gasteiger partial charge in [-0.25, -0.2) is 4.79 Å². The highest BCUT2D eigenvalue weighted by Crippen LogP contribution is 2.38. The van der Waals surface area contributed by atoms with Crippen LogP contribution in [0.4, 0.5) is 5.69 Å². The van der Waals surface area contributed by atoms with Gasteiger partial charge in [0.05, 0.1) is 11.3 Å². The van der Waals surface area contributed by atoms with Crippen LogP contribution in [0.25, 0.3) is 5.00 Å². The number of carboxylic acid groups (broad SMARTS) is 1. The molecule has 1 aliphatic rings. The number of aromatic nitrogens is 1.